The van der Waals surface area contributed by atoms with Gasteiger partial charge in [-0.15, -0.1) is 0 Å². The zero-order valence-electron chi connectivity index (χ0n) is 10.1. The molecule has 2 aromatic rings. The second-order valence-electron chi connectivity index (χ2n) is 3.91. The molecule has 0 atom stereocenters. The number of carbonyl (C=O) groups is 1. The molecule has 2 rings (SSSR count). The van der Waals surface area contributed by atoms with E-state index < -0.39 is 5.97 Å². The normalized spacial score (nSPS) is 10.3. The fourth-order valence-electron chi connectivity index (χ4n) is 1.81. The lowest BCUT2D eigenvalue weighted by atomic mass is 10.1. The lowest BCUT2D eigenvalue weighted by Crippen LogP contribution is -2.00. The molecule has 4 heteroatoms. The molecule has 0 amide bonds. The van der Waals surface area contributed by atoms with Crippen molar-refractivity contribution in [2.75, 3.05) is 7.11 Å². The molecule has 0 bridgehead atoms. The van der Waals surface area contributed by atoms with Crippen molar-refractivity contribution in [2.24, 2.45) is 0 Å². The Morgan fingerprint density at radius 1 is 1.33 bits per heavy atom. The van der Waals surface area contributed by atoms with E-state index in [0.717, 1.165) is 11.3 Å². The molecule has 0 spiro atoms. The van der Waals surface area contributed by atoms with E-state index in [4.69, 9.17) is 14.3 Å². The second-order valence-corrected chi connectivity index (χ2v) is 3.91. The van der Waals surface area contributed by atoms with Crippen LogP contribution in [0.3, 0.4) is 0 Å². The van der Waals surface area contributed by atoms with Gasteiger partial charge >= 0.3 is 5.97 Å². The maximum Gasteiger partial charge on any atom is 0.339 e. The van der Waals surface area contributed by atoms with E-state index in [1.54, 1.807) is 7.11 Å². The Balaban J connectivity index is 2.06. The van der Waals surface area contributed by atoms with Gasteiger partial charge in [0.05, 0.1) is 13.4 Å². The van der Waals surface area contributed by atoms with E-state index in [1.807, 2.05) is 24.3 Å². The third-order valence-electron chi connectivity index (χ3n) is 2.75. The number of hydrogen-bond donors (Lipinski definition) is 1. The SMILES string of the molecule is COc1cccc(CCc2occc2C(=O)O)c1. The Bertz CT molecular complexity index is 542. The molecule has 18 heavy (non-hydrogen) atoms. The number of benzene rings is 1. The molecule has 0 saturated carbocycles. The van der Waals surface area contributed by atoms with E-state index >= 15 is 0 Å². The molecular formula is C14H14O4. The Labute approximate surface area is 105 Å². The highest BCUT2D eigenvalue weighted by Gasteiger charge is 2.12. The summed E-state index contributed by atoms with van der Waals surface area (Å²) in [6.07, 6.45) is 2.68. The van der Waals surface area contributed by atoms with Crippen LogP contribution in [0.15, 0.2) is 41.0 Å². The highest BCUT2D eigenvalue weighted by Crippen LogP contribution is 2.17. The minimum absolute atomic E-state index is 0.234. The maximum atomic E-state index is 10.9. The first-order valence-electron chi connectivity index (χ1n) is 5.63. The van der Waals surface area contributed by atoms with E-state index in [-0.39, 0.29) is 5.56 Å². The number of aryl methyl sites for hydroxylation is 2. The summed E-state index contributed by atoms with van der Waals surface area (Å²) in [5, 5.41) is 8.95. The van der Waals surface area contributed by atoms with E-state index in [9.17, 15) is 4.79 Å². The Kier molecular flexibility index (Phi) is 3.67. The molecule has 1 aromatic heterocycles. The van der Waals surface area contributed by atoms with Crippen molar-refractivity contribution in [1.29, 1.82) is 0 Å². The fraction of sp³-hybridized carbons (Fsp3) is 0.214. The third kappa shape index (κ3) is 2.71. The zero-order chi connectivity index (χ0) is 13.0. The van der Waals surface area contributed by atoms with Crippen LogP contribution >= 0.6 is 0 Å². The molecule has 1 N–H and O–H groups in total. The quantitative estimate of drug-likeness (QED) is 0.881. The van der Waals surface area contributed by atoms with E-state index in [1.165, 1.54) is 12.3 Å². The smallest absolute Gasteiger partial charge is 0.339 e. The highest BCUT2D eigenvalue weighted by atomic mass is 16.5. The van der Waals surface area contributed by atoms with Gasteiger partial charge in [-0.05, 0) is 30.2 Å². The summed E-state index contributed by atoms with van der Waals surface area (Å²) in [6, 6.07) is 9.17. The van der Waals surface area contributed by atoms with Crippen molar-refractivity contribution in [3.8, 4) is 5.75 Å². The molecule has 0 aliphatic carbocycles. The van der Waals surface area contributed by atoms with Crippen molar-refractivity contribution in [2.45, 2.75) is 12.8 Å². The maximum absolute atomic E-state index is 10.9. The van der Waals surface area contributed by atoms with Gasteiger partial charge in [0.1, 0.15) is 17.1 Å². The van der Waals surface area contributed by atoms with E-state index in [0.29, 0.717) is 18.6 Å². The van der Waals surface area contributed by atoms with Crippen molar-refractivity contribution in [1.82, 2.24) is 0 Å². The lowest BCUT2D eigenvalue weighted by Gasteiger charge is -2.04. The summed E-state index contributed by atoms with van der Waals surface area (Å²) >= 11 is 0. The summed E-state index contributed by atoms with van der Waals surface area (Å²) < 4.78 is 10.3. The minimum atomic E-state index is -0.954. The summed E-state index contributed by atoms with van der Waals surface area (Å²) in [6.45, 7) is 0. The number of carboxylic acid groups (broad SMARTS) is 1. The molecule has 0 fully saturated rings. The van der Waals surface area contributed by atoms with Crippen LogP contribution < -0.4 is 4.74 Å². The zero-order valence-corrected chi connectivity index (χ0v) is 10.1. The largest absolute Gasteiger partial charge is 0.497 e. The average molecular weight is 246 g/mol. The fourth-order valence-corrected chi connectivity index (χ4v) is 1.81. The van der Waals surface area contributed by atoms with Crippen molar-refractivity contribution in [3.05, 3.63) is 53.5 Å². The van der Waals surface area contributed by atoms with Gasteiger partial charge in [0.15, 0.2) is 0 Å². The van der Waals surface area contributed by atoms with Gasteiger partial charge in [-0.3, -0.25) is 0 Å². The Morgan fingerprint density at radius 3 is 2.89 bits per heavy atom. The summed E-state index contributed by atoms with van der Waals surface area (Å²) in [5.41, 5.74) is 1.32. The first kappa shape index (κ1) is 12.2. The van der Waals surface area contributed by atoms with Gasteiger partial charge in [-0.25, -0.2) is 4.79 Å². The Morgan fingerprint density at radius 2 is 2.17 bits per heavy atom. The average Bonchev–Trinajstić information content (AvgIpc) is 2.85. The van der Waals surface area contributed by atoms with Crippen LogP contribution in [-0.4, -0.2) is 18.2 Å². The van der Waals surface area contributed by atoms with Gasteiger partial charge in [0.25, 0.3) is 0 Å². The van der Waals surface area contributed by atoms with Crippen molar-refractivity contribution < 1.29 is 19.1 Å². The predicted molar refractivity (Wildman–Crippen MR) is 66.1 cm³/mol. The molecule has 0 unspecified atom stereocenters. The standard InChI is InChI=1S/C14H14O4/c1-17-11-4-2-3-10(9-11)5-6-13-12(14(15)16)7-8-18-13/h2-4,7-9H,5-6H2,1H3,(H,15,16). The van der Waals surface area contributed by atoms with Crippen LogP contribution in [-0.2, 0) is 12.8 Å². The van der Waals surface area contributed by atoms with Gasteiger partial charge in [0.2, 0.25) is 0 Å². The van der Waals surface area contributed by atoms with Crippen LogP contribution in [0.25, 0.3) is 0 Å². The lowest BCUT2D eigenvalue weighted by molar-refractivity contribution is 0.0694. The van der Waals surface area contributed by atoms with Gasteiger partial charge < -0.3 is 14.3 Å². The molecule has 0 aliphatic heterocycles. The minimum Gasteiger partial charge on any atom is -0.497 e. The third-order valence-corrected chi connectivity index (χ3v) is 2.75. The molecule has 1 heterocycles. The van der Waals surface area contributed by atoms with Gasteiger partial charge in [0, 0.05) is 6.42 Å². The van der Waals surface area contributed by atoms with E-state index in [2.05, 4.69) is 0 Å². The summed E-state index contributed by atoms with van der Waals surface area (Å²) in [5.74, 6) is 0.347. The number of aromatic carboxylic acids is 1. The molecular weight excluding hydrogens is 232 g/mol. The number of methoxy groups -OCH3 is 1. The Hall–Kier alpha value is -2.23. The van der Waals surface area contributed by atoms with Crippen LogP contribution in [0.1, 0.15) is 21.7 Å². The molecule has 0 radical (unpaired) electrons. The monoisotopic (exact) mass is 246 g/mol. The first-order valence-corrected chi connectivity index (χ1v) is 5.63. The van der Waals surface area contributed by atoms with Crippen molar-refractivity contribution >= 4 is 5.97 Å². The summed E-state index contributed by atoms with van der Waals surface area (Å²) in [4.78, 5) is 10.9. The summed E-state index contributed by atoms with van der Waals surface area (Å²) in [7, 11) is 1.62. The number of rotatable bonds is 5. The van der Waals surface area contributed by atoms with Gasteiger partial charge in [-0.2, -0.15) is 0 Å². The first-order chi connectivity index (χ1) is 8.70. The number of hydrogen-bond acceptors (Lipinski definition) is 3. The molecule has 4 nitrogen and oxygen atoms in total. The molecule has 94 valence electrons. The number of ether oxygens (including phenoxy) is 1. The second kappa shape index (κ2) is 5.40. The molecule has 0 aliphatic rings. The van der Waals surface area contributed by atoms with Crippen LogP contribution in [0.2, 0.25) is 0 Å². The molecule has 0 saturated heterocycles. The van der Waals surface area contributed by atoms with Crippen LogP contribution in [0.4, 0.5) is 0 Å². The number of carboxylic acids is 1. The molecule has 1 aromatic carbocycles. The highest BCUT2D eigenvalue weighted by molar-refractivity contribution is 5.88. The van der Waals surface area contributed by atoms with Crippen molar-refractivity contribution in [3.63, 3.8) is 0 Å². The van der Waals surface area contributed by atoms with Crippen LogP contribution in [0, 0.1) is 0 Å². The van der Waals surface area contributed by atoms with Crippen LogP contribution in [0.5, 0.6) is 5.75 Å². The topological polar surface area (TPSA) is 59.7 Å². The number of furan rings is 1. The van der Waals surface area contributed by atoms with Gasteiger partial charge in [-0.1, -0.05) is 12.1 Å². The predicted octanol–water partition coefficient (Wildman–Crippen LogP) is 2.77.